The van der Waals surface area contributed by atoms with Crippen LogP contribution in [-0.4, -0.2) is 31.1 Å². The molecule has 0 radical (unpaired) electrons. The van der Waals surface area contributed by atoms with Gasteiger partial charge in [0.1, 0.15) is 5.82 Å². The number of methoxy groups -OCH3 is 1. The van der Waals surface area contributed by atoms with Crippen molar-refractivity contribution in [1.29, 1.82) is 0 Å². The molecule has 1 fully saturated rings. The van der Waals surface area contributed by atoms with E-state index in [0.717, 1.165) is 38.0 Å². The summed E-state index contributed by atoms with van der Waals surface area (Å²) >= 11 is 0. The van der Waals surface area contributed by atoms with Gasteiger partial charge in [0.15, 0.2) is 0 Å². The highest BCUT2D eigenvalue weighted by molar-refractivity contribution is 5.71. The van der Waals surface area contributed by atoms with Crippen molar-refractivity contribution in [3.8, 4) is 0 Å². The summed E-state index contributed by atoms with van der Waals surface area (Å²) in [6.07, 6.45) is 2.00. The molecule has 0 aliphatic carbocycles. The summed E-state index contributed by atoms with van der Waals surface area (Å²) in [5.41, 5.74) is 1.13. The van der Waals surface area contributed by atoms with Crippen LogP contribution < -0.4 is 0 Å². The van der Waals surface area contributed by atoms with Crippen molar-refractivity contribution in [2.24, 2.45) is 11.8 Å². The van der Waals surface area contributed by atoms with E-state index < -0.39 is 0 Å². The van der Waals surface area contributed by atoms with Crippen LogP contribution >= 0.6 is 0 Å². The molecule has 0 aromatic heterocycles. The summed E-state index contributed by atoms with van der Waals surface area (Å²) in [5, 5.41) is 0. The number of hydrogen-bond donors (Lipinski definition) is 0. The average Bonchev–Trinajstić information content (AvgIpc) is 2.87. The van der Waals surface area contributed by atoms with Crippen LogP contribution in [-0.2, 0) is 16.1 Å². The van der Waals surface area contributed by atoms with E-state index in [4.69, 9.17) is 4.74 Å². The Balaban J connectivity index is 1.80. The van der Waals surface area contributed by atoms with Gasteiger partial charge in [-0.2, -0.15) is 0 Å². The average molecular weight is 279 g/mol. The van der Waals surface area contributed by atoms with Crippen molar-refractivity contribution >= 4 is 5.97 Å². The normalized spacial score (nSPS) is 20.9. The molecular formula is C16H22FNO2. The Bertz CT molecular complexity index is 446. The molecule has 1 aliphatic heterocycles. The van der Waals surface area contributed by atoms with E-state index in [1.165, 1.54) is 19.2 Å². The number of hydrogen-bond acceptors (Lipinski definition) is 3. The lowest BCUT2D eigenvalue weighted by atomic mass is 9.95. The molecule has 1 aliphatic rings. The SMILES string of the molecule is COC(=O)C(C)CC1CCN(Cc2ccc(F)cc2)C1. The van der Waals surface area contributed by atoms with E-state index in [0.29, 0.717) is 5.92 Å². The Labute approximate surface area is 119 Å². The summed E-state index contributed by atoms with van der Waals surface area (Å²) in [4.78, 5) is 13.8. The minimum absolute atomic E-state index is 0.0317. The van der Waals surface area contributed by atoms with Crippen molar-refractivity contribution < 1.29 is 13.9 Å². The third kappa shape index (κ3) is 4.04. The second-order valence-corrected chi connectivity index (χ2v) is 5.68. The van der Waals surface area contributed by atoms with E-state index in [1.807, 2.05) is 19.1 Å². The van der Waals surface area contributed by atoms with Gasteiger partial charge in [-0.25, -0.2) is 4.39 Å². The van der Waals surface area contributed by atoms with Gasteiger partial charge in [-0.05, 0) is 43.0 Å². The predicted molar refractivity (Wildman–Crippen MR) is 75.6 cm³/mol. The van der Waals surface area contributed by atoms with Gasteiger partial charge in [-0.15, -0.1) is 0 Å². The molecule has 1 aromatic rings. The molecule has 2 rings (SSSR count). The number of likely N-dealkylation sites (tertiary alicyclic amines) is 1. The lowest BCUT2D eigenvalue weighted by Gasteiger charge is -2.17. The molecule has 0 N–H and O–H groups in total. The van der Waals surface area contributed by atoms with Gasteiger partial charge in [0.2, 0.25) is 0 Å². The molecule has 1 saturated heterocycles. The molecule has 20 heavy (non-hydrogen) atoms. The van der Waals surface area contributed by atoms with Crippen molar-refractivity contribution in [2.75, 3.05) is 20.2 Å². The van der Waals surface area contributed by atoms with Crippen molar-refractivity contribution in [2.45, 2.75) is 26.3 Å². The topological polar surface area (TPSA) is 29.5 Å². The number of esters is 1. The van der Waals surface area contributed by atoms with Gasteiger partial charge in [0, 0.05) is 13.1 Å². The van der Waals surface area contributed by atoms with Gasteiger partial charge >= 0.3 is 5.97 Å². The van der Waals surface area contributed by atoms with Crippen LogP contribution in [0.4, 0.5) is 4.39 Å². The van der Waals surface area contributed by atoms with Gasteiger partial charge in [0.05, 0.1) is 13.0 Å². The second-order valence-electron chi connectivity index (χ2n) is 5.68. The fourth-order valence-corrected chi connectivity index (χ4v) is 2.89. The Hall–Kier alpha value is -1.42. The Morgan fingerprint density at radius 1 is 1.45 bits per heavy atom. The monoisotopic (exact) mass is 279 g/mol. The van der Waals surface area contributed by atoms with Crippen LogP contribution in [0.1, 0.15) is 25.3 Å². The lowest BCUT2D eigenvalue weighted by Crippen LogP contribution is -2.22. The van der Waals surface area contributed by atoms with Crippen LogP contribution in [0.15, 0.2) is 24.3 Å². The van der Waals surface area contributed by atoms with E-state index in [2.05, 4.69) is 4.90 Å². The van der Waals surface area contributed by atoms with Crippen LogP contribution in [0.5, 0.6) is 0 Å². The predicted octanol–water partition coefficient (Wildman–Crippen LogP) is 2.85. The maximum atomic E-state index is 12.9. The number of carbonyl (C=O) groups is 1. The van der Waals surface area contributed by atoms with Crippen LogP contribution in [0, 0.1) is 17.7 Å². The zero-order valence-corrected chi connectivity index (χ0v) is 12.1. The molecule has 0 amide bonds. The zero-order chi connectivity index (χ0) is 14.5. The lowest BCUT2D eigenvalue weighted by molar-refractivity contribution is -0.145. The summed E-state index contributed by atoms with van der Waals surface area (Å²) in [7, 11) is 1.44. The third-order valence-corrected chi connectivity index (χ3v) is 3.98. The van der Waals surface area contributed by atoms with Gasteiger partial charge in [0.25, 0.3) is 0 Å². The summed E-state index contributed by atoms with van der Waals surface area (Å²) in [6, 6.07) is 6.67. The zero-order valence-electron chi connectivity index (χ0n) is 12.1. The highest BCUT2D eigenvalue weighted by Gasteiger charge is 2.26. The summed E-state index contributed by atoms with van der Waals surface area (Å²) < 4.78 is 17.6. The second kappa shape index (κ2) is 6.84. The van der Waals surface area contributed by atoms with Crippen molar-refractivity contribution in [3.63, 3.8) is 0 Å². The van der Waals surface area contributed by atoms with E-state index in [-0.39, 0.29) is 17.7 Å². The number of benzene rings is 1. The largest absolute Gasteiger partial charge is 0.469 e. The fraction of sp³-hybridized carbons (Fsp3) is 0.562. The highest BCUT2D eigenvalue weighted by Crippen LogP contribution is 2.25. The molecule has 4 heteroatoms. The summed E-state index contributed by atoms with van der Waals surface area (Å²) in [6.45, 7) is 4.81. The first kappa shape index (κ1) is 15.0. The van der Waals surface area contributed by atoms with Crippen LogP contribution in [0.25, 0.3) is 0 Å². The third-order valence-electron chi connectivity index (χ3n) is 3.98. The molecular weight excluding hydrogens is 257 g/mol. The number of carbonyl (C=O) groups excluding carboxylic acids is 1. The smallest absolute Gasteiger partial charge is 0.308 e. The van der Waals surface area contributed by atoms with Gasteiger partial charge in [-0.3, -0.25) is 9.69 Å². The quantitative estimate of drug-likeness (QED) is 0.776. The Kier molecular flexibility index (Phi) is 5.12. The number of rotatable bonds is 5. The fourth-order valence-electron chi connectivity index (χ4n) is 2.89. The van der Waals surface area contributed by atoms with Crippen molar-refractivity contribution in [3.05, 3.63) is 35.6 Å². The number of ether oxygens (including phenoxy) is 1. The van der Waals surface area contributed by atoms with Crippen LogP contribution in [0.2, 0.25) is 0 Å². The Morgan fingerprint density at radius 2 is 2.15 bits per heavy atom. The van der Waals surface area contributed by atoms with E-state index in [1.54, 1.807) is 0 Å². The summed E-state index contributed by atoms with van der Waals surface area (Å²) in [5.74, 6) is 0.197. The Morgan fingerprint density at radius 3 is 2.80 bits per heavy atom. The molecule has 2 unspecified atom stereocenters. The molecule has 110 valence electrons. The molecule has 1 heterocycles. The van der Waals surface area contributed by atoms with Gasteiger partial charge < -0.3 is 4.74 Å². The van der Waals surface area contributed by atoms with Crippen LogP contribution in [0.3, 0.4) is 0 Å². The maximum absolute atomic E-state index is 12.9. The number of halogens is 1. The minimum Gasteiger partial charge on any atom is -0.469 e. The number of nitrogens with zero attached hydrogens (tertiary/aromatic N) is 1. The molecule has 0 spiro atoms. The first-order chi connectivity index (χ1) is 9.58. The molecule has 2 atom stereocenters. The van der Waals surface area contributed by atoms with E-state index >= 15 is 0 Å². The van der Waals surface area contributed by atoms with Gasteiger partial charge in [-0.1, -0.05) is 19.1 Å². The molecule has 3 nitrogen and oxygen atoms in total. The van der Waals surface area contributed by atoms with Crippen molar-refractivity contribution in [1.82, 2.24) is 4.90 Å². The highest BCUT2D eigenvalue weighted by atomic mass is 19.1. The minimum atomic E-state index is -0.194. The standard InChI is InChI=1S/C16H22FNO2/c1-12(16(19)20-2)9-14-7-8-18(11-14)10-13-3-5-15(17)6-4-13/h3-6,12,14H,7-11H2,1-2H3. The first-order valence-corrected chi connectivity index (χ1v) is 7.13. The molecule has 0 bridgehead atoms. The first-order valence-electron chi connectivity index (χ1n) is 7.13. The maximum Gasteiger partial charge on any atom is 0.308 e. The van der Waals surface area contributed by atoms with E-state index in [9.17, 15) is 9.18 Å². The molecule has 0 saturated carbocycles. The molecule has 1 aromatic carbocycles.